The third-order valence-corrected chi connectivity index (χ3v) is 2.47. The summed E-state index contributed by atoms with van der Waals surface area (Å²) in [5, 5.41) is 8.34. The number of rotatable bonds is 3. The van der Waals surface area contributed by atoms with Gasteiger partial charge >= 0.3 is 5.97 Å². The molecular weight excluding hydrogens is 192 g/mol. The van der Waals surface area contributed by atoms with E-state index in [-0.39, 0.29) is 0 Å². The largest absolute Gasteiger partial charge is 0.481 e. The van der Waals surface area contributed by atoms with Crippen LogP contribution in [0.2, 0.25) is 0 Å². The second-order valence-electron chi connectivity index (χ2n) is 3.28. The van der Waals surface area contributed by atoms with Gasteiger partial charge in [0.1, 0.15) is 0 Å². The monoisotopic (exact) mass is 200 g/mol. The van der Waals surface area contributed by atoms with Crippen LogP contribution in [0.5, 0.6) is 0 Å². The fourth-order valence-corrected chi connectivity index (χ4v) is 1.48. The van der Waals surface area contributed by atoms with Crippen LogP contribution in [0.15, 0.2) is 0 Å². The normalized spacial score (nSPS) is 22.0. The lowest BCUT2D eigenvalue weighted by molar-refractivity contribution is -0.190. The first-order chi connectivity index (χ1) is 5.90. The van der Waals surface area contributed by atoms with Gasteiger partial charge in [0, 0.05) is 0 Å². The Balaban J connectivity index is 2.63. The average Bonchev–Trinajstić information content (AvgIpc) is 1.80. The molecule has 1 aliphatic rings. The summed E-state index contributed by atoms with van der Waals surface area (Å²) in [6.07, 6.45) is -7.55. The predicted octanol–water partition coefficient (Wildman–Crippen LogP) is 2.00. The minimum atomic E-state index is -3.15. The summed E-state index contributed by atoms with van der Waals surface area (Å²) in [6, 6.07) is 0. The van der Waals surface area contributed by atoms with Crippen LogP contribution >= 0.6 is 0 Å². The van der Waals surface area contributed by atoms with Crippen molar-refractivity contribution in [1.29, 1.82) is 0 Å². The predicted molar refractivity (Wildman–Crippen MR) is 34.8 cm³/mol. The molecule has 0 aromatic carbocycles. The second-order valence-corrected chi connectivity index (χ2v) is 3.28. The van der Waals surface area contributed by atoms with Crippen LogP contribution in [0.1, 0.15) is 12.8 Å². The molecule has 0 aromatic rings. The smallest absolute Gasteiger partial charge is 0.306 e. The molecular formula is C7H8F4O2. The van der Waals surface area contributed by atoms with E-state index >= 15 is 0 Å². The third-order valence-electron chi connectivity index (χ3n) is 2.47. The molecule has 1 rings (SSSR count). The van der Waals surface area contributed by atoms with Gasteiger partial charge in [0.05, 0.1) is 11.3 Å². The van der Waals surface area contributed by atoms with Crippen LogP contribution in [0.25, 0.3) is 0 Å². The quantitative estimate of drug-likeness (QED) is 0.707. The van der Waals surface area contributed by atoms with Crippen molar-refractivity contribution in [3.05, 3.63) is 0 Å². The molecule has 0 amide bonds. The van der Waals surface area contributed by atoms with Crippen LogP contribution in [-0.2, 0) is 4.79 Å². The lowest BCUT2D eigenvalue weighted by Gasteiger charge is -2.44. The highest BCUT2D eigenvalue weighted by Crippen LogP contribution is 2.53. The van der Waals surface area contributed by atoms with Crippen molar-refractivity contribution < 1.29 is 27.5 Å². The van der Waals surface area contributed by atoms with E-state index in [2.05, 4.69) is 0 Å². The molecule has 6 heteroatoms. The van der Waals surface area contributed by atoms with Crippen molar-refractivity contribution in [2.75, 3.05) is 0 Å². The maximum absolute atomic E-state index is 12.1. The summed E-state index contributed by atoms with van der Waals surface area (Å²) in [5.74, 6) is -2.32. The highest BCUT2D eigenvalue weighted by Gasteiger charge is 2.59. The molecule has 0 aromatic heterocycles. The van der Waals surface area contributed by atoms with E-state index in [0.29, 0.717) is 0 Å². The zero-order valence-corrected chi connectivity index (χ0v) is 6.51. The Hall–Kier alpha value is -0.810. The molecule has 1 aliphatic carbocycles. The van der Waals surface area contributed by atoms with Crippen molar-refractivity contribution in [3.8, 4) is 0 Å². The minimum absolute atomic E-state index is 0.627. The van der Waals surface area contributed by atoms with Crippen molar-refractivity contribution in [1.82, 2.24) is 0 Å². The Morgan fingerprint density at radius 3 is 1.85 bits per heavy atom. The summed E-state index contributed by atoms with van der Waals surface area (Å²) < 4.78 is 48.6. The molecule has 76 valence electrons. The number of halogens is 4. The number of carbonyl (C=O) groups is 1. The zero-order valence-electron chi connectivity index (χ0n) is 6.51. The molecule has 1 fully saturated rings. The molecule has 0 aliphatic heterocycles. The van der Waals surface area contributed by atoms with Gasteiger partial charge in [-0.1, -0.05) is 0 Å². The van der Waals surface area contributed by atoms with E-state index in [4.69, 9.17) is 5.11 Å². The average molecular weight is 200 g/mol. The highest BCUT2D eigenvalue weighted by atomic mass is 19.3. The maximum Gasteiger partial charge on any atom is 0.306 e. The van der Waals surface area contributed by atoms with E-state index in [1.165, 1.54) is 0 Å². The van der Waals surface area contributed by atoms with E-state index < -0.39 is 43.0 Å². The molecule has 13 heavy (non-hydrogen) atoms. The summed E-state index contributed by atoms with van der Waals surface area (Å²) in [6.45, 7) is 0. The molecule has 0 spiro atoms. The van der Waals surface area contributed by atoms with Crippen LogP contribution in [0.3, 0.4) is 0 Å². The minimum Gasteiger partial charge on any atom is -0.481 e. The number of hydrogen-bond acceptors (Lipinski definition) is 1. The molecule has 1 saturated carbocycles. The van der Waals surface area contributed by atoms with Gasteiger partial charge < -0.3 is 5.11 Å². The van der Waals surface area contributed by atoms with E-state index in [1.54, 1.807) is 0 Å². The molecule has 0 atom stereocenters. The first-order valence-corrected chi connectivity index (χ1v) is 3.69. The number of aliphatic carboxylic acids is 1. The Bertz CT molecular complexity index is 201. The molecule has 2 nitrogen and oxygen atoms in total. The number of carboxylic acid groups (broad SMARTS) is 1. The van der Waals surface area contributed by atoms with Gasteiger partial charge in [-0.15, -0.1) is 0 Å². The SMILES string of the molecule is O=C(O)C1CC(C(F)F)(C(F)F)C1. The Labute approximate surface area is 71.5 Å². The maximum atomic E-state index is 12.1. The topological polar surface area (TPSA) is 37.3 Å². The van der Waals surface area contributed by atoms with Gasteiger partial charge in [-0.05, 0) is 12.8 Å². The highest BCUT2D eigenvalue weighted by molar-refractivity contribution is 5.71. The molecule has 0 radical (unpaired) electrons. The van der Waals surface area contributed by atoms with Gasteiger partial charge in [-0.25, -0.2) is 17.6 Å². The van der Waals surface area contributed by atoms with Crippen molar-refractivity contribution in [2.45, 2.75) is 25.7 Å². The van der Waals surface area contributed by atoms with Gasteiger partial charge in [-0.3, -0.25) is 4.79 Å². The van der Waals surface area contributed by atoms with E-state index in [0.717, 1.165) is 0 Å². The van der Waals surface area contributed by atoms with Crippen LogP contribution in [-0.4, -0.2) is 23.9 Å². The summed E-state index contributed by atoms with van der Waals surface area (Å²) in [5.41, 5.74) is -2.37. The molecule has 1 N–H and O–H groups in total. The number of carboxylic acids is 1. The Kier molecular flexibility index (Phi) is 2.49. The molecule has 0 unspecified atom stereocenters. The number of hydrogen-bond donors (Lipinski definition) is 1. The Morgan fingerprint density at radius 2 is 1.62 bits per heavy atom. The van der Waals surface area contributed by atoms with Crippen LogP contribution < -0.4 is 0 Å². The lowest BCUT2D eigenvalue weighted by Crippen LogP contribution is -2.50. The van der Waals surface area contributed by atoms with Crippen LogP contribution in [0, 0.1) is 11.3 Å². The van der Waals surface area contributed by atoms with Crippen LogP contribution in [0.4, 0.5) is 17.6 Å². The zero-order chi connectivity index (χ0) is 10.2. The first-order valence-electron chi connectivity index (χ1n) is 3.69. The molecule has 0 heterocycles. The van der Waals surface area contributed by atoms with Gasteiger partial charge in [0.15, 0.2) is 0 Å². The van der Waals surface area contributed by atoms with Gasteiger partial charge in [0.25, 0.3) is 0 Å². The summed E-state index contributed by atoms with van der Waals surface area (Å²) in [7, 11) is 0. The second kappa shape index (κ2) is 3.16. The van der Waals surface area contributed by atoms with Crippen molar-refractivity contribution in [3.63, 3.8) is 0 Å². The van der Waals surface area contributed by atoms with Gasteiger partial charge in [-0.2, -0.15) is 0 Å². The third kappa shape index (κ3) is 1.49. The molecule has 0 saturated heterocycles. The van der Waals surface area contributed by atoms with Crippen molar-refractivity contribution in [2.24, 2.45) is 11.3 Å². The van der Waals surface area contributed by atoms with Crippen molar-refractivity contribution >= 4 is 5.97 Å². The van der Waals surface area contributed by atoms with E-state index in [9.17, 15) is 22.4 Å². The standard InChI is InChI=1S/C7H8F4O2/c8-5(9)7(6(10)11)1-3(2-7)4(12)13/h3,5-6H,1-2H2,(H,12,13). The Morgan fingerprint density at radius 1 is 1.23 bits per heavy atom. The fourth-order valence-electron chi connectivity index (χ4n) is 1.48. The fraction of sp³-hybridized carbons (Fsp3) is 0.857. The molecule has 0 bridgehead atoms. The van der Waals surface area contributed by atoms with E-state index in [1.807, 2.05) is 0 Å². The number of alkyl halides is 4. The van der Waals surface area contributed by atoms with Gasteiger partial charge in [0.2, 0.25) is 12.9 Å². The summed E-state index contributed by atoms with van der Waals surface area (Å²) in [4.78, 5) is 10.2. The first kappa shape index (κ1) is 10.3. The summed E-state index contributed by atoms with van der Waals surface area (Å²) >= 11 is 0. The lowest BCUT2D eigenvalue weighted by atomic mass is 9.62.